The molecule has 0 bridgehead atoms. The second-order valence-corrected chi connectivity index (χ2v) is 5.28. The number of halogens is 3. The summed E-state index contributed by atoms with van der Waals surface area (Å²) in [5.41, 5.74) is -2.08. The lowest BCUT2D eigenvalue weighted by atomic mass is 9.93. The summed E-state index contributed by atoms with van der Waals surface area (Å²) in [6.45, 7) is -0.482. The van der Waals surface area contributed by atoms with Crippen molar-refractivity contribution in [3.05, 3.63) is 17.8 Å². The maximum atomic E-state index is 12.9. The number of nitrogens with zero attached hydrogens (tertiary/aromatic N) is 3. The monoisotopic (exact) mass is 289 g/mol. The quantitative estimate of drug-likeness (QED) is 0.851. The van der Waals surface area contributed by atoms with Crippen molar-refractivity contribution in [1.29, 1.82) is 0 Å². The molecule has 3 heterocycles. The van der Waals surface area contributed by atoms with Crippen molar-refractivity contribution < 1.29 is 17.9 Å². The van der Waals surface area contributed by atoms with E-state index < -0.39 is 11.8 Å². The second-order valence-electron chi connectivity index (χ2n) is 4.39. The first-order valence-corrected chi connectivity index (χ1v) is 6.40. The van der Waals surface area contributed by atoms with E-state index in [-0.39, 0.29) is 13.1 Å². The summed E-state index contributed by atoms with van der Waals surface area (Å²) >= 11 is 1.43. The Morgan fingerprint density at radius 3 is 2.74 bits per heavy atom. The van der Waals surface area contributed by atoms with Gasteiger partial charge in [0.15, 0.2) is 5.60 Å². The zero-order valence-electron chi connectivity index (χ0n) is 9.94. The molecule has 1 saturated heterocycles. The molecule has 1 aliphatic rings. The fourth-order valence-electron chi connectivity index (χ4n) is 2.17. The Kier molecular flexibility index (Phi) is 2.68. The van der Waals surface area contributed by atoms with E-state index in [1.165, 1.54) is 17.7 Å². The van der Waals surface area contributed by atoms with Crippen molar-refractivity contribution >= 4 is 27.4 Å². The summed E-state index contributed by atoms with van der Waals surface area (Å²) < 4.78 is 43.4. The van der Waals surface area contributed by atoms with Crippen LogP contribution in [0.1, 0.15) is 0 Å². The number of hydrogen-bond donors (Lipinski definition) is 0. The molecule has 102 valence electrons. The van der Waals surface area contributed by atoms with Gasteiger partial charge < -0.3 is 9.64 Å². The SMILES string of the molecule is COC1(C(F)(F)F)CN(c2ncnc3sccc23)C1. The van der Waals surface area contributed by atoms with Crippen LogP contribution in [-0.2, 0) is 4.74 Å². The molecule has 0 aliphatic carbocycles. The molecule has 0 N–H and O–H groups in total. The maximum Gasteiger partial charge on any atom is 0.420 e. The van der Waals surface area contributed by atoms with Crippen molar-refractivity contribution in [2.24, 2.45) is 0 Å². The van der Waals surface area contributed by atoms with Gasteiger partial charge in [0.25, 0.3) is 0 Å². The summed E-state index contributed by atoms with van der Waals surface area (Å²) in [6.07, 6.45) is -3.01. The predicted molar refractivity (Wildman–Crippen MR) is 65.4 cm³/mol. The molecule has 2 aromatic heterocycles. The topological polar surface area (TPSA) is 38.2 Å². The van der Waals surface area contributed by atoms with Crippen LogP contribution in [0.2, 0.25) is 0 Å². The van der Waals surface area contributed by atoms with Crippen LogP contribution in [0.15, 0.2) is 17.8 Å². The molecule has 1 aliphatic heterocycles. The minimum atomic E-state index is -4.38. The zero-order valence-corrected chi connectivity index (χ0v) is 10.8. The lowest BCUT2D eigenvalue weighted by Gasteiger charge is -2.49. The molecule has 19 heavy (non-hydrogen) atoms. The molecule has 0 radical (unpaired) electrons. The van der Waals surface area contributed by atoms with E-state index in [2.05, 4.69) is 14.7 Å². The molecule has 3 rings (SSSR count). The maximum absolute atomic E-state index is 12.9. The van der Waals surface area contributed by atoms with E-state index >= 15 is 0 Å². The van der Waals surface area contributed by atoms with Gasteiger partial charge >= 0.3 is 6.18 Å². The molecule has 8 heteroatoms. The summed E-state index contributed by atoms with van der Waals surface area (Å²) in [7, 11) is 1.09. The van der Waals surface area contributed by atoms with E-state index in [0.717, 1.165) is 17.3 Å². The lowest BCUT2D eigenvalue weighted by molar-refractivity contribution is -0.277. The molecule has 0 saturated carbocycles. The molecule has 2 aromatic rings. The van der Waals surface area contributed by atoms with Crippen LogP contribution >= 0.6 is 11.3 Å². The number of alkyl halides is 3. The third kappa shape index (κ3) is 1.78. The normalized spacial score (nSPS) is 18.6. The number of hydrogen-bond acceptors (Lipinski definition) is 5. The molecular formula is C11H10F3N3OS. The van der Waals surface area contributed by atoms with Crippen molar-refractivity contribution in [3.63, 3.8) is 0 Å². The number of thiophene rings is 1. The third-order valence-corrected chi connectivity index (χ3v) is 4.16. The van der Waals surface area contributed by atoms with Gasteiger partial charge in [-0.05, 0) is 11.4 Å². The average Bonchev–Trinajstić information content (AvgIpc) is 2.75. The van der Waals surface area contributed by atoms with Crippen LogP contribution in [0.25, 0.3) is 10.2 Å². The summed E-state index contributed by atoms with van der Waals surface area (Å²) in [6, 6.07) is 1.82. The number of fused-ring (bicyclic) bond motifs is 1. The number of anilines is 1. The molecule has 0 spiro atoms. The van der Waals surface area contributed by atoms with E-state index in [0.29, 0.717) is 5.82 Å². The Labute approximate surface area is 110 Å². The van der Waals surface area contributed by atoms with Crippen molar-refractivity contribution in [2.75, 3.05) is 25.1 Å². The number of aromatic nitrogens is 2. The lowest BCUT2D eigenvalue weighted by Crippen LogP contribution is -2.70. The first-order valence-electron chi connectivity index (χ1n) is 5.52. The Bertz CT molecular complexity index is 606. The highest BCUT2D eigenvalue weighted by Gasteiger charge is 2.63. The van der Waals surface area contributed by atoms with Crippen LogP contribution in [0.5, 0.6) is 0 Å². The van der Waals surface area contributed by atoms with E-state index in [1.807, 2.05) is 11.4 Å². The van der Waals surface area contributed by atoms with Gasteiger partial charge in [-0.3, -0.25) is 0 Å². The second kappa shape index (κ2) is 4.04. The van der Waals surface area contributed by atoms with Gasteiger partial charge in [0.2, 0.25) is 0 Å². The summed E-state index contributed by atoms with van der Waals surface area (Å²) in [4.78, 5) is 10.5. The number of ether oxygens (including phenoxy) is 1. The minimum absolute atomic E-state index is 0.241. The van der Waals surface area contributed by atoms with Gasteiger partial charge in [0.1, 0.15) is 17.0 Å². The molecule has 4 nitrogen and oxygen atoms in total. The standard InChI is InChI=1S/C11H10F3N3OS/c1-18-10(11(12,13)14)4-17(5-10)8-7-2-3-19-9(7)16-6-15-8/h2-3,6H,4-5H2,1H3. The van der Waals surface area contributed by atoms with Gasteiger partial charge in [0.05, 0.1) is 18.5 Å². The average molecular weight is 289 g/mol. The molecule has 0 atom stereocenters. The highest BCUT2D eigenvalue weighted by molar-refractivity contribution is 7.16. The molecular weight excluding hydrogens is 279 g/mol. The van der Waals surface area contributed by atoms with E-state index in [4.69, 9.17) is 0 Å². The summed E-state index contributed by atoms with van der Waals surface area (Å²) in [5.74, 6) is 0.531. The van der Waals surface area contributed by atoms with Crippen LogP contribution in [0, 0.1) is 0 Å². The van der Waals surface area contributed by atoms with Crippen molar-refractivity contribution in [3.8, 4) is 0 Å². The highest BCUT2D eigenvalue weighted by Crippen LogP contribution is 2.43. The van der Waals surface area contributed by atoms with Crippen LogP contribution < -0.4 is 4.90 Å². The first-order chi connectivity index (χ1) is 8.97. The number of methoxy groups -OCH3 is 1. The van der Waals surface area contributed by atoms with Crippen LogP contribution in [0.3, 0.4) is 0 Å². The van der Waals surface area contributed by atoms with Crippen LogP contribution in [0.4, 0.5) is 19.0 Å². The Hall–Kier alpha value is -1.41. The zero-order chi connectivity index (χ0) is 13.7. The van der Waals surface area contributed by atoms with Gasteiger partial charge in [-0.1, -0.05) is 0 Å². The fraction of sp³-hybridized carbons (Fsp3) is 0.455. The van der Waals surface area contributed by atoms with Gasteiger partial charge in [-0.25, -0.2) is 9.97 Å². The Morgan fingerprint density at radius 2 is 2.11 bits per heavy atom. The molecule has 0 amide bonds. The van der Waals surface area contributed by atoms with Gasteiger partial charge in [0, 0.05) is 7.11 Å². The number of rotatable bonds is 2. The fourth-order valence-corrected chi connectivity index (χ4v) is 2.90. The first kappa shape index (κ1) is 12.6. The summed E-state index contributed by atoms with van der Waals surface area (Å²) in [5, 5.41) is 2.62. The smallest absolute Gasteiger partial charge is 0.365 e. The Morgan fingerprint density at radius 1 is 1.37 bits per heavy atom. The predicted octanol–water partition coefficient (Wildman–Crippen LogP) is 2.46. The largest absolute Gasteiger partial charge is 0.420 e. The van der Waals surface area contributed by atoms with Gasteiger partial charge in [-0.15, -0.1) is 11.3 Å². The Balaban J connectivity index is 1.90. The third-order valence-electron chi connectivity index (χ3n) is 3.34. The molecule has 0 unspecified atom stereocenters. The highest BCUT2D eigenvalue weighted by atomic mass is 32.1. The molecule has 1 fully saturated rings. The van der Waals surface area contributed by atoms with Crippen LogP contribution in [-0.4, -0.2) is 41.9 Å². The van der Waals surface area contributed by atoms with E-state index in [9.17, 15) is 13.2 Å². The minimum Gasteiger partial charge on any atom is -0.365 e. The van der Waals surface area contributed by atoms with Crippen molar-refractivity contribution in [2.45, 2.75) is 11.8 Å². The van der Waals surface area contributed by atoms with Gasteiger partial charge in [-0.2, -0.15) is 13.2 Å². The van der Waals surface area contributed by atoms with Crippen molar-refractivity contribution in [1.82, 2.24) is 9.97 Å². The molecule has 0 aromatic carbocycles. The van der Waals surface area contributed by atoms with E-state index in [1.54, 1.807) is 4.90 Å².